The van der Waals surface area contributed by atoms with Gasteiger partial charge in [-0.2, -0.15) is 0 Å². The van der Waals surface area contributed by atoms with Crippen molar-refractivity contribution in [3.05, 3.63) is 11.4 Å². The summed E-state index contributed by atoms with van der Waals surface area (Å²) >= 11 is 0. The van der Waals surface area contributed by atoms with Crippen molar-refractivity contribution in [2.24, 2.45) is 5.73 Å². The van der Waals surface area contributed by atoms with E-state index in [9.17, 15) is 13.6 Å². The van der Waals surface area contributed by atoms with Crippen LogP contribution in [0.3, 0.4) is 0 Å². The van der Waals surface area contributed by atoms with Gasteiger partial charge in [0.2, 0.25) is 5.91 Å². The van der Waals surface area contributed by atoms with Crippen molar-refractivity contribution < 1.29 is 18.3 Å². The van der Waals surface area contributed by atoms with Crippen molar-refractivity contribution in [3.8, 4) is 0 Å². The van der Waals surface area contributed by atoms with Gasteiger partial charge in [-0.3, -0.25) is 4.79 Å². The number of hydrogen-bond donors (Lipinski definition) is 1. The topological polar surface area (TPSA) is 83.0 Å². The van der Waals surface area contributed by atoms with E-state index >= 15 is 0 Å². The average molecular weight is 248 g/mol. The molecule has 2 N–H and O–H groups in total. The Balaban J connectivity index is 2.82. The highest BCUT2D eigenvalue weighted by Crippen LogP contribution is 2.21. The Bertz CT molecular complexity index is 381. The minimum absolute atomic E-state index is 0.0796. The SMILES string of the molecule is CCOCCn1nnc(CC(N)=O)c1C(F)F. The van der Waals surface area contributed by atoms with E-state index in [2.05, 4.69) is 10.3 Å². The van der Waals surface area contributed by atoms with Gasteiger partial charge in [-0.05, 0) is 6.92 Å². The van der Waals surface area contributed by atoms with Crippen LogP contribution in [-0.2, 0) is 22.5 Å². The molecular formula is C9H14F2N4O2. The zero-order chi connectivity index (χ0) is 12.8. The van der Waals surface area contributed by atoms with Gasteiger partial charge in [-0.15, -0.1) is 5.10 Å². The molecule has 1 rings (SSSR count). The number of halogens is 2. The molecule has 0 saturated heterocycles. The Hall–Kier alpha value is -1.57. The quantitative estimate of drug-likeness (QED) is 0.702. The third kappa shape index (κ3) is 3.74. The number of nitrogens with zero attached hydrogens (tertiary/aromatic N) is 3. The number of ether oxygens (including phenoxy) is 1. The molecule has 0 fully saturated rings. The fraction of sp³-hybridized carbons (Fsp3) is 0.667. The van der Waals surface area contributed by atoms with E-state index in [0.717, 1.165) is 4.68 Å². The summed E-state index contributed by atoms with van der Waals surface area (Å²) in [6.07, 6.45) is -3.09. The minimum atomic E-state index is -2.75. The van der Waals surface area contributed by atoms with E-state index in [1.807, 2.05) is 0 Å². The van der Waals surface area contributed by atoms with Crippen molar-refractivity contribution in [1.82, 2.24) is 15.0 Å². The fourth-order valence-electron chi connectivity index (χ4n) is 1.35. The van der Waals surface area contributed by atoms with Gasteiger partial charge in [0.05, 0.1) is 19.6 Å². The number of carbonyl (C=O) groups excluding carboxylic acids is 1. The first-order valence-electron chi connectivity index (χ1n) is 5.12. The van der Waals surface area contributed by atoms with Crippen LogP contribution < -0.4 is 5.73 Å². The summed E-state index contributed by atoms with van der Waals surface area (Å²) in [6.45, 7) is 2.72. The number of carbonyl (C=O) groups is 1. The summed E-state index contributed by atoms with van der Waals surface area (Å²) in [5.74, 6) is -0.719. The van der Waals surface area contributed by atoms with E-state index in [0.29, 0.717) is 6.61 Å². The van der Waals surface area contributed by atoms with Crippen molar-refractivity contribution in [2.75, 3.05) is 13.2 Å². The zero-order valence-electron chi connectivity index (χ0n) is 9.40. The fourth-order valence-corrected chi connectivity index (χ4v) is 1.35. The van der Waals surface area contributed by atoms with Crippen LogP contribution in [0.1, 0.15) is 24.7 Å². The standard InChI is InChI=1S/C9H14F2N4O2/c1-2-17-4-3-15-8(9(10)11)6(13-14-15)5-7(12)16/h9H,2-5H2,1H3,(H2,12,16). The smallest absolute Gasteiger partial charge is 0.281 e. The van der Waals surface area contributed by atoms with Crippen LogP contribution in [0.25, 0.3) is 0 Å². The maximum absolute atomic E-state index is 12.8. The largest absolute Gasteiger partial charge is 0.380 e. The van der Waals surface area contributed by atoms with Gasteiger partial charge in [-0.1, -0.05) is 5.21 Å². The molecule has 0 saturated carbocycles. The van der Waals surface area contributed by atoms with Crippen LogP contribution in [0.15, 0.2) is 0 Å². The van der Waals surface area contributed by atoms with Crippen LogP contribution in [0.4, 0.5) is 8.78 Å². The van der Waals surface area contributed by atoms with Crippen molar-refractivity contribution in [2.45, 2.75) is 26.3 Å². The maximum atomic E-state index is 12.8. The molecule has 96 valence electrons. The molecule has 0 unspecified atom stereocenters. The van der Waals surface area contributed by atoms with Gasteiger partial charge in [0.1, 0.15) is 11.4 Å². The third-order valence-corrected chi connectivity index (χ3v) is 2.05. The lowest BCUT2D eigenvalue weighted by Crippen LogP contribution is -2.16. The zero-order valence-corrected chi connectivity index (χ0v) is 9.40. The van der Waals surface area contributed by atoms with Crippen LogP contribution >= 0.6 is 0 Å². The first-order valence-corrected chi connectivity index (χ1v) is 5.12. The molecule has 0 aliphatic heterocycles. The molecule has 0 spiro atoms. The van der Waals surface area contributed by atoms with Gasteiger partial charge >= 0.3 is 0 Å². The molecule has 1 heterocycles. The average Bonchev–Trinajstić information content (AvgIpc) is 2.60. The molecule has 0 radical (unpaired) electrons. The highest BCUT2D eigenvalue weighted by Gasteiger charge is 2.22. The maximum Gasteiger partial charge on any atom is 0.281 e. The van der Waals surface area contributed by atoms with Gasteiger partial charge in [0.25, 0.3) is 6.43 Å². The Morgan fingerprint density at radius 1 is 1.59 bits per heavy atom. The Kier molecular flexibility index (Phi) is 4.95. The Morgan fingerprint density at radius 2 is 2.29 bits per heavy atom. The second kappa shape index (κ2) is 6.24. The number of aromatic nitrogens is 3. The van der Waals surface area contributed by atoms with Crippen LogP contribution in [0.5, 0.6) is 0 Å². The van der Waals surface area contributed by atoms with Gasteiger partial charge in [-0.25, -0.2) is 13.5 Å². The normalized spacial score (nSPS) is 11.1. The third-order valence-electron chi connectivity index (χ3n) is 2.05. The van der Waals surface area contributed by atoms with Crippen molar-refractivity contribution in [1.29, 1.82) is 0 Å². The number of rotatable bonds is 7. The Morgan fingerprint density at radius 3 is 2.82 bits per heavy atom. The molecule has 0 aromatic carbocycles. The molecule has 1 aromatic heterocycles. The number of hydrogen-bond acceptors (Lipinski definition) is 4. The van der Waals surface area contributed by atoms with E-state index in [1.165, 1.54) is 0 Å². The highest BCUT2D eigenvalue weighted by atomic mass is 19.3. The Labute approximate surface area is 96.7 Å². The van der Waals surface area contributed by atoms with Gasteiger partial charge < -0.3 is 10.5 Å². The van der Waals surface area contributed by atoms with Gasteiger partial charge in [0.15, 0.2) is 0 Å². The molecule has 8 heteroatoms. The number of primary amides is 1. The number of nitrogens with two attached hydrogens (primary N) is 1. The molecule has 17 heavy (non-hydrogen) atoms. The summed E-state index contributed by atoms with van der Waals surface area (Å²) < 4.78 is 31.7. The lowest BCUT2D eigenvalue weighted by atomic mass is 10.2. The first kappa shape index (κ1) is 13.5. The molecule has 0 atom stereocenters. The summed E-state index contributed by atoms with van der Waals surface area (Å²) in [5, 5.41) is 7.09. The second-order valence-electron chi connectivity index (χ2n) is 3.29. The van der Waals surface area contributed by atoms with Crippen molar-refractivity contribution in [3.63, 3.8) is 0 Å². The van der Waals surface area contributed by atoms with Crippen LogP contribution in [-0.4, -0.2) is 34.1 Å². The minimum Gasteiger partial charge on any atom is -0.380 e. The second-order valence-corrected chi connectivity index (χ2v) is 3.29. The van der Waals surface area contributed by atoms with E-state index in [1.54, 1.807) is 6.92 Å². The molecule has 0 aliphatic rings. The van der Waals surface area contributed by atoms with Crippen LogP contribution in [0, 0.1) is 0 Å². The molecule has 0 aliphatic carbocycles. The molecular weight excluding hydrogens is 234 g/mol. The van der Waals surface area contributed by atoms with Crippen LogP contribution in [0.2, 0.25) is 0 Å². The monoisotopic (exact) mass is 248 g/mol. The molecule has 1 aromatic rings. The molecule has 6 nitrogen and oxygen atoms in total. The number of amides is 1. The highest BCUT2D eigenvalue weighted by molar-refractivity contribution is 5.76. The predicted octanol–water partition coefficient (Wildman–Crippen LogP) is 0.280. The number of alkyl halides is 2. The first-order chi connectivity index (χ1) is 8.06. The molecule has 1 amide bonds. The van der Waals surface area contributed by atoms with E-state index < -0.39 is 12.3 Å². The van der Waals surface area contributed by atoms with Crippen molar-refractivity contribution >= 4 is 5.91 Å². The van der Waals surface area contributed by atoms with E-state index in [-0.39, 0.29) is 31.0 Å². The summed E-state index contributed by atoms with van der Waals surface area (Å²) in [5.41, 5.74) is 4.49. The lowest BCUT2D eigenvalue weighted by molar-refractivity contribution is -0.117. The summed E-state index contributed by atoms with van der Waals surface area (Å²) in [4.78, 5) is 10.7. The predicted molar refractivity (Wildman–Crippen MR) is 54.4 cm³/mol. The molecule has 0 bridgehead atoms. The summed E-state index contributed by atoms with van der Waals surface area (Å²) in [7, 11) is 0. The summed E-state index contributed by atoms with van der Waals surface area (Å²) in [6, 6.07) is 0. The van der Waals surface area contributed by atoms with E-state index in [4.69, 9.17) is 10.5 Å². The lowest BCUT2D eigenvalue weighted by Gasteiger charge is -2.06. The van der Waals surface area contributed by atoms with Gasteiger partial charge in [0, 0.05) is 6.61 Å².